The molecule has 30 heavy (non-hydrogen) atoms. The SMILES string of the molecule is CO/C=C\Oc1ccc(-c2ccc(-c3ccc(O/C=C\OC=O)cc3)cc2F)cc1. The largest absolute Gasteiger partial charge is 0.501 e. The molecule has 0 spiro atoms. The molecule has 0 atom stereocenters. The molecule has 6 heteroatoms. The van der Waals surface area contributed by atoms with Gasteiger partial charge in [0.25, 0.3) is 6.47 Å². The molecule has 152 valence electrons. The van der Waals surface area contributed by atoms with Crippen molar-refractivity contribution in [3.63, 3.8) is 0 Å². The van der Waals surface area contributed by atoms with Crippen molar-refractivity contribution in [1.29, 1.82) is 0 Å². The smallest absolute Gasteiger partial charge is 0.298 e. The minimum atomic E-state index is -0.324. The monoisotopic (exact) mass is 406 g/mol. The Hall–Kier alpha value is -4.06. The summed E-state index contributed by atoms with van der Waals surface area (Å²) >= 11 is 0. The third-order valence-electron chi connectivity index (χ3n) is 4.11. The number of ether oxygens (including phenoxy) is 4. The molecule has 0 amide bonds. The van der Waals surface area contributed by atoms with Crippen molar-refractivity contribution in [3.05, 3.63) is 97.6 Å². The first-order valence-corrected chi connectivity index (χ1v) is 8.97. The maximum Gasteiger partial charge on any atom is 0.298 e. The maximum atomic E-state index is 14.8. The van der Waals surface area contributed by atoms with Crippen molar-refractivity contribution in [2.75, 3.05) is 7.11 Å². The van der Waals surface area contributed by atoms with Crippen LogP contribution in [0.5, 0.6) is 11.5 Å². The van der Waals surface area contributed by atoms with Gasteiger partial charge >= 0.3 is 0 Å². The average molecular weight is 406 g/mol. The Labute approximate surface area is 173 Å². The standard InChI is InChI=1S/C24H19FO5/c1-27-12-14-29-22-9-4-19(5-10-22)23-11-6-20(16-24(23)25)18-2-7-21(8-3-18)30-15-13-28-17-26/h2-17H,1H3/b14-12-,15-13-. The summed E-state index contributed by atoms with van der Waals surface area (Å²) in [6, 6.07) is 19.3. The van der Waals surface area contributed by atoms with Crippen molar-refractivity contribution in [2.24, 2.45) is 0 Å². The molecular formula is C24H19FO5. The highest BCUT2D eigenvalue weighted by molar-refractivity contribution is 5.71. The topological polar surface area (TPSA) is 54.0 Å². The summed E-state index contributed by atoms with van der Waals surface area (Å²) in [5.41, 5.74) is 2.83. The molecule has 0 radical (unpaired) electrons. The van der Waals surface area contributed by atoms with Crippen molar-refractivity contribution in [2.45, 2.75) is 0 Å². The average Bonchev–Trinajstić information content (AvgIpc) is 2.78. The molecule has 0 unspecified atom stereocenters. The third kappa shape index (κ3) is 5.48. The lowest BCUT2D eigenvalue weighted by Crippen LogP contribution is -1.88. The summed E-state index contributed by atoms with van der Waals surface area (Å²) in [7, 11) is 1.53. The van der Waals surface area contributed by atoms with Crippen LogP contribution >= 0.6 is 0 Å². The highest BCUT2D eigenvalue weighted by atomic mass is 19.1. The molecule has 0 saturated heterocycles. The summed E-state index contributed by atoms with van der Waals surface area (Å²) in [6.45, 7) is 0.295. The lowest BCUT2D eigenvalue weighted by Gasteiger charge is -2.08. The van der Waals surface area contributed by atoms with Crippen LogP contribution in [-0.2, 0) is 14.3 Å². The van der Waals surface area contributed by atoms with Gasteiger partial charge < -0.3 is 18.9 Å². The van der Waals surface area contributed by atoms with E-state index in [1.807, 2.05) is 18.2 Å². The quantitative estimate of drug-likeness (QED) is 0.338. The van der Waals surface area contributed by atoms with E-state index < -0.39 is 0 Å². The molecule has 0 N–H and O–H groups in total. The molecule has 0 aliphatic rings. The van der Waals surface area contributed by atoms with Gasteiger partial charge in [0.1, 0.15) is 42.4 Å². The number of carbonyl (C=O) groups excluding carboxylic acids is 1. The van der Waals surface area contributed by atoms with Crippen LogP contribution in [0, 0.1) is 5.82 Å². The number of hydrogen-bond donors (Lipinski definition) is 0. The predicted molar refractivity (Wildman–Crippen MR) is 111 cm³/mol. The minimum Gasteiger partial charge on any atom is -0.501 e. The van der Waals surface area contributed by atoms with E-state index in [2.05, 4.69) is 4.74 Å². The highest BCUT2D eigenvalue weighted by Crippen LogP contribution is 2.30. The molecule has 0 fully saturated rings. The van der Waals surface area contributed by atoms with E-state index in [9.17, 15) is 9.18 Å². The van der Waals surface area contributed by atoms with E-state index >= 15 is 0 Å². The van der Waals surface area contributed by atoms with Crippen LogP contribution in [0.1, 0.15) is 0 Å². The van der Waals surface area contributed by atoms with E-state index in [0.29, 0.717) is 23.5 Å². The zero-order valence-corrected chi connectivity index (χ0v) is 16.2. The molecule has 5 nitrogen and oxygen atoms in total. The van der Waals surface area contributed by atoms with Crippen molar-refractivity contribution in [3.8, 4) is 33.8 Å². The van der Waals surface area contributed by atoms with Gasteiger partial charge in [0, 0.05) is 5.56 Å². The second-order valence-corrected chi connectivity index (χ2v) is 5.99. The van der Waals surface area contributed by atoms with Gasteiger partial charge in [-0.15, -0.1) is 0 Å². The predicted octanol–water partition coefficient (Wildman–Crippen LogP) is 5.68. The van der Waals surface area contributed by atoms with Crippen LogP contribution in [-0.4, -0.2) is 13.6 Å². The van der Waals surface area contributed by atoms with E-state index in [-0.39, 0.29) is 5.82 Å². The first-order chi connectivity index (χ1) is 14.7. The normalized spacial score (nSPS) is 10.9. The van der Waals surface area contributed by atoms with Crippen LogP contribution < -0.4 is 9.47 Å². The lowest BCUT2D eigenvalue weighted by molar-refractivity contribution is -0.123. The summed E-state index contributed by atoms with van der Waals surface area (Å²) in [6.07, 6.45) is 5.23. The van der Waals surface area contributed by atoms with Crippen LogP contribution in [0.25, 0.3) is 22.3 Å². The zero-order chi connectivity index (χ0) is 21.2. The number of methoxy groups -OCH3 is 1. The fourth-order valence-electron chi connectivity index (χ4n) is 2.70. The molecule has 3 aromatic carbocycles. The van der Waals surface area contributed by atoms with Crippen LogP contribution in [0.2, 0.25) is 0 Å². The van der Waals surface area contributed by atoms with Crippen LogP contribution in [0.3, 0.4) is 0 Å². The summed E-state index contributed by atoms with van der Waals surface area (Å²) in [4.78, 5) is 10.1. The molecule has 3 aromatic rings. The first-order valence-electron chi connectivity index (χ1n) is 8.97. The summed E-state index contributed by atoms with van der Waals surface area (Å²) in [5, 5.41) is 0. The van der Waals surface area contributed by atoms with Gasteiger partial charge in [0.05, 0.1) is 7.11 Å². The van der Waals surface area contributed by atoms with Gasteiger partial charge in [-0.3, -0.25) is 4.79 Å². The second-order valence-electron chi connectivity index (χ2n) is 5.99. The number of rotatable bonds is 9. The minimum absolute atomic E-state index is 0.295. The first kappa shape index (κ1) is 20.7. The molecule has 0 aliphatic heterocycles. The van der Waals surface area contributed by atoms with Crippen LogP contribution in [0.4, 0.5) is 4.39 Å². The Kier molecular flexibility index (Phi) is 7.22. The maximum absolute atomic E-state index is 14.8. The molecule has 0 aromatic heterocycles. The van der Waals surface area contributed by atoms with Gasteiger partial charge in [0.15, 0.2) is 0 Å². The summed E-state index contributed by atoms with van der Waals surface area (Å²) < 4.78 is 34.6. The van der Waals surface area contributed by atoms with E-state index in [0.717, 1.165) is 23.0 Å². The second kappa shape index (κ2) is 10.5. The fourth-order valence-corrected chi connectivity index (χ4v) is 2.70. The van der Waals surface area contributed by atoms with E-state index in [1.165, 1.54) is 32.0 Å². The Bertz CT molecular complexity index is 1020. The fraction of sp³-hybridized carbons (Fsp3) is 0.0417. The Morgan fingerprint density at radius 2 is 1.27 bits per heavy atom. The zero-order valence-electron chi connectivity index (χ0n) is 16.2. The number of benzene rings is 3. The Morgan fingerprint density at radius 3 is 1.83 bits per heavy atom. The number of hydrogen-bond acceptors (Lipinski definition) is 5. The molecule has 0 bridgehead atoms. The van der Waals surface area contributed by atoms with E-state index in [4.69, 9.17) is 14.2 Å². The molecular weight excluding hydrogens is 387 g/mol. The van der Waals surface area contributed by atoms with Gasteiger partial charge in [0.2, 0.25) is 0 Å². The van der Waals surface area contributed by atoms with Gasteiger partial charge in [-0.05, 0) is 47.0 Å². The number of halogens is 1. The van der Waals surface area contributed by atoms with Gasteiger partial charge in [-0.2, -0.15) is 0 Å². The van der Waals surface area contributed by atoms with E-state index in [1.54, 1.807) is 42.5 Å². The van der Waals surface area contributed by atoms with Crippen molar-refractivity contribution < 1.29 is 28.1 Å². The molecule has 3 rings (SSSR count). The molecule has 0 aliphatic carbocycles. The van der Waals surface area contributed by atoms with Crippen molar-refractivity contribution >= 4 is 6.47 Å². The van der Waals surface area contributed by atoms with Crippen molar-refractivity contribution in [1.82, 2.24) is 0 Å². The summed E-state index contributed by atoms with van der Waals surface area (Å²) in [5.74, 6) is 0.859. The highest BCUT2D eigenvalue weighted by Gasteiger charge is 2.08. The van der Waals surface area contributed by atoms with Gasteiger partial charge in [-0.1, -0.05) is 36.4 Å². The lowest BCUT2D eigenvalue weighted by atomic mass is 9.99. The van der Waals surface area contributed by atoms with Gasteiger partial charge in [-0.25, -0.2) is 4.39 Å². The Morgan fingerprint density at radius 1 is 0.700 bits per heavy atom. The van der Waals surface area contributed by atoms with Crippen LogP contribution in [0.15, 0.2) is 91.8 Å². The Balaban J connectivity index is 1.72. The molecule has 0 saturated carbocycles. The third-order valence-corrected chi connectivity index (χ3v) is 4.11. The molecule has 0 heterocycles. The number of carbonyl (C=O) groups is 1.